The molecule has 0 aliphatic carbocycles. The third kappa shape index (κ3) is 2.71. The third-order valence-electron chi connectivity index (χ3n) is 4.33. The van der Waals surface area contributed by atoms with E-state index in [2.05, 4.69) is 46.8 Å². The lowest BCUT2D eigenvalue weighted by Crippen LogP contribution is -2.45. The van der Waals surface area contributed by atoms with E-state index in [4.69, 9.17) is 14.7 Å². The van der Waals surface area contributed by atoms with Gasteiger partial charge in [-0.3, -0.25) is 0 Å². The Morgan fingerprint density at radius 3 is 3.00 bits per heavy atom. The molecule has 1 unspecified atom stereocenters. The first kappa shape index (κ1) is 14.6. The van der Waals surface area contributed by atoms with Gasteiger partial charge in [0.25, 0.3) is 0 Å². The van der Waals surface area contributed by atoms with Crippen LogP contribution in [0.25, 0.3) is 22.3 Å². The van der Waals surface area contributed by atoms with E-state index in [-0.39, 0.29) is 0 Å². The molecule has 118 valence electrons. The van der Waals surface area contributed by atoms with Crippen LogP contribution in [0.15, 0.2) is 41.1 Å². The molecule has 4 nitrogen and oxygen atoms in total. The van der Waals surface area contributed by atoms with Crippen LogP contribution >= 0.6 is 11.3 Å². The Kier molecular flexibility index (Phi) is 3.97. The number of hydrogen-bond acceptors (Lipinski definition) is 5. The number of ether oxygens (including phenoxy) is 1. The van der Waals surface area contributed by atoms with Crippen LogP contribution in [0.1, 0.15) is 13.3 Å². The average molecular weight is 325 g/mol. The van der Waals surface area contributed by atoms with E-state index in [0.29, 0.717) is 6.04 Å². The normalized spacial score (nSPS) is 18.5. The molecule has 2 aromatic heterocycles. The highest BCUT2D eigenvalue weighted by molar-refractivity contribution is 7.08. The minimum Gasteiger partial charge on any atom is -0.377 e. The second-order valence-corrected chi connectivity index (χ2v) is 6.51. The number of thiophene rings is 1. The summed E-state index contributed by atoms with van der Waals surface area (Å²) >= 11 is 1.67. The second kappa shape index (κ2) is 6.26. The highest BCUT2D eigenvalue weighted by Crippen LogP contribution is 2.30. The maximum absolute atomic E-state index is 5.66. The summed E-state index contributed by atoms with van der Waals surface area (Å²) in [6.07, 6.45) is 1.05. The molecule has 1 aliphatic heterocycles. The van der Waals surface area contributed by atoms with Gasteiger partial charge in [0.2, 0.25) is 0 Å². The largest absolute Gasteiger partial charge is 0.377 e. The summed E-state index contributed by atoms with van der Waals surface area (Å²) in [5.41, 5.74) is 2.09. The average Bonchev–Trinajstić information content (AvgIpc) is 3.15. The van der Waals surface area contributed by atoms with Crippen LogP contribution in [0.2, 0.25) is 0 Å². The van der Waals surface area contributed by atoms with Crippen LogP contribution in [0.3, 0.4) is 0 Å². The molecule has 0 amide bonds. The Morgan fingerprint density at radius 2 is 2.17 bits per heavy atom. The lowest BCUT2D eigenvalue weighted by Gasteiger charge is -2.36. The summed E-state index contributed by atoms with van der Waals surface area (Å²) in [6, 6.07) is 10.7. The molecular weight excluding hydrogens is 306 g/mol. The number of fused-ring (bicyclic) bond motifs is 1. The van der Waals surface area contributed by atoms with Gasteiger partial charge in [0.15, 0.2) is 5.82 Å². The van der Waals surface area contributed by atoms with Crippen LogP contribution in [0.4, 0.5) is 5.82 Å². The lowest BCUT2D eigenvalue weighted by molar-refractivity contribution is 0.0927. The number of benzene rings is 1. The van der Waals surface area contributed by atoms with Crippen molar-refractivity contribution in [2.24, 2.45) is 0 Å². The topological polar surface area (TPSA) is 38.2 Å². The monoisotopic (exact) mass is 325 g/mol. The van der Waals surface area contributed by atoms with Gasteiger partial charge in [0.05, 0.1) is 24.8 Å². The standard InChI is InChI=1S/C18H19N3OS/c1-2-14-11-22-9-8-21(14)18-15-5-3-4-6-16(15)19-17(20-18)13-7-10-23-12-13/h3-7,10,12,14H,2,8-9,11H2,1H3. The van der Waals surface area contributed by atoms with E-state index >= 15 is 0 Å². The van der Waals surface area contributed by atoms with E-state index in [0.717, 1.165) is 54.3 Å². The molecule has 0 saturated carbocycles. The fourth-order valence-corrected chi connectivity index (χ4v) is 3.71. The maximum Gasteiger partial charge on any atom is 0.162 e. The molecule has 0 radical (unpaired) electrons. The smallest absolute Gasteiger partial charge is 0.162 e. The van der Waals surface area contributed by atoms with Crippen molar-refractivity contribution in [3.8, 4) is 11.4 Å². The minimum absolute atomic E-state index is 0.373. The fraction of sp³-hybridized carbons (Fsp3) is 0.333. The minimum atomic E-state index is 0.373. The predicted octanol–water partition coefficient (Wildman–Crippen LogP) is 3.97. The Bertz CT molecular complexity index is 803. The van der Waals surface area contributed by atoms with E-state index in [1.54, 1.807) is 11.3 Å². The molecule has 1 saturated heterocycles. The molecular formula is C18H19N3OS. The molecule has 4 rings (SSSR count). The van der Waals surface area contributed by atoms with Gasteiger partial charge in [-0.1, -0.05) is 19.1 Å². The summed E-state index contributed by atoms with van der Waals surface area (Å²) in [7, 11) is 0. The fourth-order valence-electron chi connectivity index (χ4n) is 3.07. The van der Waals surface area contributed by atoms with Gasteiger partial charge in [-0.05, 0) is 30.0 Å². The number of aromatic nitrogens is 2. The van der Waals surface area contributed by atoms with Crippen molar-refractivity contribution in [3.05, 3.63) is 41.1 Å². The van der Waals surface area contributed by atoms with Gasteiger partial charge in [0.1, 0.15) is 5.82 Å². The van der Waals surface area contributed by atoms with E-state index in [1.807, 2.05) is 6.07 Å². The van der Waals surface area contributed by atoms with Gasteiger partial charge in [-0.15, -0.1) is 0 Å². The first-order chi connectivity index (χ1) is 11.4. The van der Waals surface area contributed by atoms with Crippen molar-refractivity contribution in [2.45, 2.75) is 19.4 Å². The highest BCUT2D eigenvalue weighted by atomic mass is 32.1. The first-order valence-electron chi connectivity index (χ1n) is 8.00. The van der Waals surface area contributed by atoms with Crippen LogP contribution in [0, 0.1) is 0 Å². The van der Waals surface area contributed by atoms with Crippen molar-refractivity contribution in [1.82, 2.24) is 9.97 Å². The van der Waals surface area contributed by atoms with Crippen molar-refractivity contribution in [3.63, 3.8) is 0 Å². The van der Waals surface area contributed by atoms with Gasteiger partial charge < -0.3 is 9.64 Å². The molecule has 1 aromatic carbocycles. The molecule has 1 aliphatic rings. The number of morpholine rings is 1. The maximum atomic E-state index is 5.66. The molecule has 3 heterocycles. The van der Waals surface area contributed by atoms with Crippen LogP contribution in [0.5, 0.6) is 0 Å². The SMILES string of the molecule is CCC1COCCN1c1nc(-c2ccsc2)nc2ccccc12. The Labute approximate surface area is 139 Å². The Balaban J connectivity index is 1.89. The molecule has 5 heteroatoms. The third-order valence-corrected chi connectivity index (χ3v) is 5.02. The zero-order valence-electron chi connectivity index (χ0n) is 13.1. The summed E-state index contributed by atoms with van der Waals surface area (Å²) in [4.78, 5) is 12.1. The quantitative estimate of drug-likeness (QED) is 0.730. The van der Waals surface area contributed by atoms with Crippen molar-refractivity contribution < 1.29 is 4.74 Å². The second-order valence-electron chi connectivity index (χ2n) is 5.73. The summed E-state index contributed by atoms with van der Waals surface area (Å²) in [5.74, 6) is 1.84. The van der Waals surface area contributed by atoms with E-state index < -0.39 is 0 Å². The van der Waals surface area contributed by atoms with Gasteiger partial charge >= 0.3 is 0 Å². The Morgan fingerprint density at radius 1 is 1.26 bits per heavy atom. The zero-order chi connectivity index (χ0) is 15.6. The van der Waals surface area contributed by atoms with Crippen molar-refractivity contribution >= 4 is 28.1 Å². The van der Waals surface area contributed by atoms with Crippen molar-refractivity contribution in [2.75, 3.05) is 24.7 Å². The molecule has 1 atom stereocenters. The molecule has 23 heavy (non-hydrogen) atoms. The molecule has 0 N–H and O–H groups in total. The van der Waals surface area contributed by atoms with Crippen LogP contribution in [-0.4, -0.2) is 35.8 Å². The number of para-hydroxylation sites is 1. The molecule has 0 spiro atoms. The summed E-state index contributed by atoms with van der Waals surface area (Å²) in [5, 5.41) is 5.29. The van der Waals surface area contributed by atoms with Gasteiger partial charge in [0, 0.05) is 22.9 Å². The number of hydrogen-bond donors (Lipinski definition) is 0. The van der Waals surface area contributed by atoms with E-state index in [9.17, 15) is 0 Å². The lowest BCUT2D eigenvalue weighted by atomic mass is 10.1. The highest BCUT2D eigenvalue weighted by Gasteiger charge is 2.25. The summed E-state index contributed by atoms with van der Waals surface area (Å²) in [6.45, 7) is 4.60. The van der Waals surface area contributed by atoms with Crippen LogP contribution in [-0.2, 0) is 4.74 Å². The number of anilines is 1. The van der Waals surface area contributed by atoms with Crippen molar-refractivity contribution in [1.29, 1.82) is 0 Å². The van der Waals surface area contributed by atoms with Crippen LogP contribution < -0.4 is 4.90 Å². The van der Waals surface area contributed by atoms with E-state index in [1.165, 1.54) is 0 Å². The number of nitrogens with zero attached hydrogens (tertiary/aromatic N) is 3. The first-order valence-corrected chi connectivity index (χ1v) is 8.95. The summed E-state index contributed by atoms with van der Waals surface area (Å²) < 4.78 is 5.66. The Hall–Kier alpha value is -1.98. The van der Waals surface area contributed by atoms with Gasteiger partial charge in [-0.25, -0.2) is 9.97 Å². The molecule has 3 aromatic rings. The molecule has 1 fully saturated rings. The zero-order valence-corrected chi connectivity index (χ0v) is 13.9. The number of rotatable bonds is 3. The molecule has 0 bridgehead atoms. The predicted molar refractivity (Wildman–Crippen MR) is 95.1 cm³/mol. The van der Waals surface area contributed by atoms with Gasteiger partial charge in [-0.2, -0.15) is 11.3 Å².